The van der Waals surface area contributed by atoms with Crippen LogP contribution in [0.15, 0.2) is 194 Å². The standard InChI is InChI=1S/C39H31N.C12H12/c1-39(2)37-25-32(31-15-13-29(14-16-31)27-9-5-3-6-10-27)19-23-35(37)36-24-22-34(26-38(36)39)40-33-20-17-30(18-21-33)28-11-7-4-8-12-28;1-3-7-11(8-4-1)12-9-5-2-6-10-12/h3-26,40H,1-2H3;1,3-5,7-10H,2,6H2. The van der Waals surface area contributed by atoms with E-state index >= 15 is 0 Å². The zero-order chi connectivity index (χ0) is 35.3. The van der Waals surface area contributed by atoms with Crippen LogP contribution in [-0.2, 0) is 5.41 Å². The van der Waals surface area contributed by atoms with Crippen LogP contribution >= 0.6 is 0 Å². The molecule has 7 aromatic carbocycles. The molecule has 52 heavy (non-hydrogen) atoms. The van der Waals surface area contributed by atoms with E-state index in [2.05, 4.69) is 213 Å². The molecule has 0 fully saturated rings. The Morgan fingerprint density at radius 1 is 0.404 bits per heavy atom. The molecule has 0 saturated carbocycles. The molecule has 0 atom stereocenters. The Balaban J connectivity index is 0.000000273. The molecular formula is C51H43N. The molecular weight excluding hydrogens is 627 g/mol. The van der Waals surface area contributed by atoms with Crippen molar-refractivity contribution < 1.29 is 0 Å². The number of hydrogen-bond acceptors (Lipinski definition) is 1. The highest BCUT2D eigenvalue weighted by molar-refractivity contribution is 5.86. The summed E-state index contributed by atoms with van der Waals surface area (Å²) in [5, 5.41) is 3.63. The van der Waals surface area contributed by atoms with Gasteiger partial charge in [-0.15, -0.1) is 0 Å². The first-order chi connectivity index (χ1) is 25.5. The van der Waals surface area contributed by atoms with Crippen LogP contribution in [0, 0.1) is 0 Å². The van der Waals surface area contributed by atoms with Crippen LogP contribution in [-0.4, -0.2) is 0 Å². The molecule has 0 bridgehead atoms. The van der Waals surface area contributed by atoms with Gasteiger partial charge >= 0.3 is 0 Å². The van der Waals surface area contributed by atoms with Gasteiger partial charge in [-0.05, 0) is 110 Å². The maximum Gasteiger partial charge on any atom is 0.0387 e. The first-order valence-corrected chi connectivity index (χ1v) is 18.3. The van der Waals surface area contributed by atoms with Crippen molar-refractivity contribution >= 4 is 16.9 Å². The average Bonchev–Trinajstić information content (AvgIpc) is 3.44. The highest BCUT2D eigenvalue weighted by Gasteiger charge is 2.35. The lowest BCUT2D eigenvalue weighted by Gasteiger charge is -2.23. The van der Waals surface area contributed by atoms with Crippen LogP contribution in [0.5, 0.6) is 0 Å². The Kier molecular flexibility index (Phi) is 9.25. The van der Waals surface area contributed by atoms with E-state index in [9.17, 15) is 0 Å². The summed E-state index contributed by atoms with van der Waals surface area (Å²) in [6.07, 6.45) is 9.12. The van der Waals surface area contributed by atoms with Crippen molar-refractivity contribution in [1.82, 2.24) is 0 Å². The van der Waals surface area contributed by atoms with Crippen molar-refractivity contribution in [3.8, 4) is 44.5 Å². The van der Waals surface area contributed by atoms with E-state index in [1.807, 2.05) is 0 Å². The van der Waals surface area contributed by atoms with E-state index in [1.54, 1.807) is 0 Å². The maximum atomic E-state index is 3.63. The van der Waals surface area contributed by atoms with Crippen LogP contribution < -0.4 is 5.32 Å². The summed E-state index contributed by atoms with van der Waals surface area (Å²) in [6.45, 7) is 4.69. The molecule has 0 saturated heterocycles. The van der Waals surface area contributed by atoms with Gasteiger partial charge in [0.2, 0.25) is 0 Å². The third-order valence-electron chi connectivity index (χ3n) is 10.4. The Hall–Kier alpha value is -6.18. The molecule has 0 aromatic heterocycles. The van der Waals surface area contributed by atoms with E-state index < -0.39 is 0 Å². The lowest BCUT2D eigenvalue weighted by molar-refractivity contribution is 0.661. The maximum absolute atomic E-state index is 3.63. The van der Waals surface area contributed by atoms with Crippen LogP contribution in [0.1, 0.15) is 43.4 Å². The number of allylic oxidation sites excluding steroid dienone is 4. The molecule has 252 valence electrons. The fourth-order valence-electron chi connectivity index (χ4n) is 7.48. The monoisotopic (exact) mass is 669 g/mol. The molecule has 0 aliphatic heterocycles. The third-order valence-corrected chi connectivity index (χ3v) is 10.4. The van der Waals surface area contributed by atoms with Crippen molar-refractivity contribution in [1.29, 1.82) is 0 Å². The van der Waals surface area contributed by atoms with Gasteiger partial charge in [0.15, 0.2) is 0 Å². The first-order valence-electron chi connectivity index (χ1n) is 18.3. The number of benzene rings is 7. The fourth-order valence-corrected chi connectivity index (χ4v) is 7.48. The summed E-state index contributed by atoms with van der Waals surface area (Å²) in [4.78, 5) is 0. The number of rotatable bonds is 6. The Morgan fingerprint density at radius 2 is 0.846 bits per heavy atom. The average molecular weight is 670 g/mol. The topological polar surface area (TPSA) is 12.0 Å². The zero-order valence-electron chi connectivity index (χ0n) is 29.9. The second kappa shape index (κ2) is 14.6. The smallest absolute Gasteiger partial charge is 0.0387 e. The molecule has 9 rings (SSSR count). The van der Waals surface area contributed by atoms with Crippen molar-refractivity contribution in [2.24, 2.45) is 0 Å². The summed E-state index contributed by atoms with van der Waals surface area (Å²) in [6, 6.07) is 63.0. The zero-order valence-corrected chi connectivity index (χ0v) is 29.9. The van der Waals surface area contributed by atoms with Crippen LogP contribution in [0.25, 0.3) is 50.1 Å². The van der Waals surface area contributed by atoms with Gasteiger partial charge in [-0.3, -0.25) is 0 Å². The molecule has 0 radical (unpaired) electrons. The predicted molar refractivity (Wildman–Crippen MR) is 223 cm³/mol. The van der Waals surface area contributed by atoms with Gasteiger partial charge in [0, 0.05) is 16.8 Å². The van der Waals surface area contributed by atoms with Gasteiger partial charge in [0.25, 0.3) is 0 Å². The van der Waals surface area contributed by atoms with E-state index in [1.165, 1.54) is 79.6 Å². The van der Waals surface area contributed by atoms with E-state index in [0.717, 1.165) is 11.4 Å². The minimum Gasteiger partial charge on any atom is -0.356 e. The molecule has 0 amide bonds. The highest BCUT2D eigenvalue weighted by atomic mass is 14.9. The molecule has 1 heteroatoms. The largest absolute Gasteiger partial charge is 0.356 e. The summed E-state index contributed by atoms with van der Waals surface area (Å²) >= 11 is 0. The van der Waals surface area contributed by atoms with Gasteiger partial charge in [-0.1, -0.05) is 178 Å². The lowest BCUT2D eigenvalue weighted by Crippen LogP contribution is -2.15. The van der Waals surface area contributed by atoms with Crippen molar-refractivity contribution in [2.45, 2.75) is 32.1 Å². The normalized spacial score (nSPS) is 13.6. The molecule has 0 unspecified atom stereocenters. The second-order valence-corrected chi connectivity index (χ2v) is 14.2. The van der Waals surface area contributed by atoms with Crippen molar-refractivity contribution in [2.75, 3.05) is 5.32 Å². The minimum atomic E-state index is -0.0838. The number of nitrogens with one attached hydrogen (secondary N) is 1. The van der Waals surface area contributed by atoms with E-state index in [4.69, 9.17) is 0 Å². The lowest BCUT2D eigenvalue weighted by atomic mass is 9.81. The van der Waals surface area contributed by atoms with Crippen LogP contribution in [0.2, 0.25) is 0 Å². The summed E-state index contributed by atoms with van der Waals surface area (Å²) in [5.74, 6) is 0. The quantitative estimate of drug-likeness (QED) is 0.186. The summed E-state index contributed by atoms with van der Waals surface area (Å²) in [5.41, 5.74) is 17.7. The van der Waals surface area contributed by atoms with E-state index in [-0.39, 0.29) is 5.41 Å². The number of anilines is 2. The second-order valence-electron chi connectivity index (χ2n) is 14.2. The first kappa shape index (κ1) is 33.0. The molecule has 2 aliphatic rings. The predicted octanol–water partition coefficient (Wildman–Crippen LogP) is 14.2. The molecule has 0 spiro atoms. The Morgan fingerprint density at radius 3 is 1.40 bits per heavy atom. The van der Waals surface area contributed by atoms with Gasteiger partial charge in [0.05, 0.1) is 0 Å². The van der Waals surface area contributed by atoms with Gasteiger partial charge in [-0.2, -0.15) is 0 Å². The highest BCUT2D eigenvalue weighted by Crippen LogP contribution is 2.50. The van der Waals surface area contributed by atoms with Gasteiger partial charge < -0.3 is 5.32 Å². The molecule has 1 nitrogen and oxygen atoms in total. The minimum absolute atomic E-state index is 0.0838. The number of hydrogen-bond donors (Lipinski definition) is 1. The van der Waals surface area contributed by atoms with Gasteiger partial charge in [0.1, 0.15) is 0 Å². The Labute approximate surface area is 308 Å². The summed E-state index contributed by atoms with van der Waals surface area (Å²) in [7, 11) is 0. The summed E-state index contributed by atoms with van der Waals surface area (Å²) < 4.78 is 0. The van der Waals surface area contributed by atoms with Crippen molar-refractivity contribution in [3.05, 3.63) is 211 Å². The molecule has 2 aliphatic carbocycles. The third kappa shape index (κ3) is 6.91. The van der Waals surface area contributed by atoms with Gasteiger partial charge in [-0.25, -0.2) is 0 Å². The molecule has 0 heterocycles. The fraction of sp³-hybridized carbons (Fsp3) is 0.0980. The number of fused-ring (bicyclic) bond motifs is 3. The molecule has 7 aromatic rings. The Bertz CT molecular complexity index is 2350. The SMILES string of the molecule is C1=CC(c2ccccc2)=CCC1.CC1(C)c2cc(Nc3ccc(-c4ccccc4)cc3)ccc2-c2ccc(-c3ccc(-c4ccccc4)cc3)cc21. The van der Waals surface area contributed by atoms with Crippen LogP contribution in [0.4, 0.5) is 11.4 Å². The molecule has 1 N–H and O–H groups in total. The van der Waals surface area contributed by atoms with Crippen molar-refractivity contribution in [3.63, 3.8) is 0 Å². The van der Waals surface area contributed by atoms with E-state index in [0.29, 0.717) is 0 Å². The van der Waals surface area contributed by atoms with Crippen LogP contribution in [0.3, 0.4) is 0 Å².